The fourth-order valence-corrected chi connectivity index (χ4v) is 2.24. The van der Waals surface area contributed by atoms with Gasteiger partial charge in [0.1, 0.15) is 5.25 Å². The van der Waals surface area contributed by atoms with Crippen LogP contribution in [0.15, 0.2) is 0 Å². The average Bonchev–Trinajstić information content (AvgIpc) is 2.01. The molecule has 2 atom stereocenters. The summed E-state index contributed by atoms with van der Waals surface area (Å²) in [4.78, 5) is 10.8. The van der Waals surface area contributed by atoms with Gasteiger partial charge >= 0.3 is 5.97 Å². The number of halogens is 1. The second-order valence-electron chi connectivity index (χ2n) is 3.80. The van der Waals surface area contributed by atoms with Gasteiger partial charge in [-0.25, -0.2) is 4.39 Å². The molecule has 84 valence electrons. The lowest BCUT2D eigenvalue weighted by Gasteiger charge is -2.15. The van der Waals surface area contributed by atoms with Crippen LogP contribution in [0.5, 0.6) is 0 Å². The molecule has 14 heavy (non-hydrogen) atoms. The summed E-state index contributed by atoms with van der Waals surface area (Å²) < 4.78 is 12.4. The Morgan fingerprint density at radius 1 is 1.43 bits per heavy atom. The zero-order valence-electron chi connectivity index (χ0n) is 9.00. The van der Waals surface area contributed by atoms with Crippen molar-refractivity contribution in [2.24, 2.45) is 5.92 Å². The van der Waals surface area contributed by atoms with Gasteiger partial charge in [0.05, 0.1) is 6.17 Å². The van der Waals surface area contributed by atoms with Gasteiger partial charge in [-0.3, -0.25) is 4.79 Å². The van der Waals surface area contributed by atoms with Crippen LogP contribution in [-0.2, 0) is 4.79 Å². The zero-order chi connectivity index (χ0) is 11.1. The van der Waals surface area contributed by atoms with Crippen LogP contribution < -0.4 is 0 Å². The molecular formula is C10H19FO2S. The molecule has 1 N–H and O–H groups in total. The third-order valence-electron chi connectivity index (χ3n) is 1.89. The number of aliphatic carboxylic acids is 1. The van der Waals surface area contributed by atoms with Crippen molar-refractivity contribution in [2.75, 3.05) is 5.75 Å². The van der Waals surface area contributed by atoms with E-state index in [1.54, 1.807) is 0 Å². The number of carboxylic acids is 1. The topological polar surface area (TPSA) is 37.3 Å². The Kier molecular flexibility index (Phi) is 6.97. The lowest BCUT2D eigenvalue weighted by Crippen LogP contribution is -2.23. The van der Waals surface area contributed by atoms with Gasteiger partial charge in [-0.15, -0.1) is 11.8 Å². The van der Waals surface area contributed by atoms with Crippen LogP contribution in [0.2, 0.25) is 0 Å². The smallest absolute Gasteiger partial charge is 0.316 e. The van der Waals surface area contributed by atoms with Crippen molar-refractivity contribution in [1.82, 2.24) is 0 Å². The molecule has 0 saturated carbocycles. The molecule has 0 fully saturated rings. The highest BCUT2D eigenvalue weighted by molar-refractivity contribution is 8.00. The molecule has 0 saturated heterocycles. The van der Waals surface area contributed by atoms with E-state index >= 15 is 0 Å². The van der Waals surface area contributed by atoms with E-state index in [4.69, 9.17) is 5.11 Å². The number of thioether (sulfide) groups is 1. The predicted octanol–water partition coefficient (Wildman–Crippen LogP) is 2.97. The van der Waals surface area contributed by atoms with Crippen molar-refractivity contribution in [3.05, 3.63) is 0 Å². The van der Waals surface area contributed by atoms with Crippen molar-refractivity contribution in [1.29, 1.82) is 0 Å². The number of carboxylic acid groups (broad SMARTS) is 1. The van der Waals surface area contributed by atoms with Gasteiger partial charge in [0.2, 0.25) is 0 Å². The number of hydrogen-bond donors (Lipinski definition) is 1. The first-order valence-corrected chi connectivity index (χ1v) is 5.98. The summed E-state index contributed by atoms with van der Waals surface area (Å²) in [5, 5.41) is 8.50. The third kappa shape index (κ3) is 6.24. The van der Waals surface area contributed by atoms with E-state index in [2.05, 4.69) is 0 Å². The van der Waals surface area contributed by atoms with Crippen molar-refractivity contribution in [3.63, 3.8) is 0 Å². The van der Waals surface area contributed by atoms with Crippen LogP contribution in [0, 0.1) is 5.92 Å². The minimum atomic E-state index is -0.780. The highest BCUT2D eigenvalue weighted by atomic mass is 32.2. The van der Waals surface area contributed by atoms with Crippen LogP contribution >= 0.6 is 11.8 Å². The lowest BCUT2D eigenvalue weighted by molar-refractivity contribution is -0.137. The summed E-state index contributed by atoms with van der Waals surface area (Å²) in [5.41, 5.74) is 0. The molecule has 0 aromatic heterocycles. The quantitative estimate of drug-likeness (QED) is 0.673. The summed E-state index contributed by atoms with van der Waals surface area (Å²) >= 11 is 1.41. The first-order valence-electron chi connectivity index (χ1n) is 4.93. The zero-order valence-corrected chi connectivity index (χ0v) is 9.81. The monoisotopic (exact) mass is 222 g/mol. The van der Waals surface area contributed by atoms with Crippen LogP contribution in [0.4, 0.5) is 4.39 Å². The fraction of sp³-hybridized carbons (Fsp3) is 0.900. The maximum atomic E-state index is 12.4. The van der Waals surface area contributed by atoms with E-state index in [1.807, 2.05) is 13.8 Å². The molecule has 0 aromatic rings. The van der Waals surface area contributed by atoms with Gasteiger partial charge in [-0.2, -0.15) is 0 Å². The molecule has 4 heteroatoms. The molecule has 0 amide bonds. The summed E-state index contributed by atoms with van der Waals surface area (Å²) in [5.74, 6) is 0.0854. The van der Waals surface area contributed by atoms with Gasteiger partial charge in [-0.05, 0) is 31.4 Å². The first-order chi connectivity index (χ1) is 6.45. The summed E-state index contributed by atoms with van der Waals surface area (Å²) in [7, 11) is 0. The second-order valence-corrected chi connectivity index (χ2v) is 5.05. The molecular weight excluding hydrogens is 203 g/mol. The van der Waals surface area contributed by atoms with Crippen LogP contribution in [0.1, 0.15) is 33.6 Å². The molecule has 0 spiro atoms. The van der Waals surface area contributed by atoms with Crippen LogP contribution in [0.3, 0.4) is 0 Å². The van der Waals surface area contributed by atoms with Crippen LogP contribution in [-0.4, -0.2) is 28.3 Å². The highest BCUT2D eigenvalue weighted by Gasteiger charge is 2.21. The van der Waals surface area contributed by atoms with Crippen LogP contribution in [0.25, 0.3) is 0 Å². The number of alkyl halides is 1. The predicted molar refractivity (Wildman–Crippen MR) is 58.5 cm³/mol. The van der Waals surface area contributed by atoms with E-state index in [9.17, 15) is 9.18 Å². The molecule has 0 radical (unpaired) electrons. The Balaban J connectivity index is 3.67. The van der Waals surface area contributed by atoms with E-state index in [0.717, 1.165) is 12.2 Å². The molecule has 0 bridgehead atoms. The first kappa shape index (κ1) is 13.8. The minimum Gasteiger partial charge on any atom is -0.480 e. The normalized spacial score (nSPS) is 15.5. The van der Waals surface area contributed by atoms with Gasteiger partial charge in [0, 0.05) is 0 Å². The highest BCUT2D eigenvalue weighted by Crippen LogP contribution is 2.21. The Labute approximate surface area is 89.3 Å². The maximum absolute atomic E-state index is 12.4. The fourth-order valence-electron chi connectivity index (χ4n) is 1.12. The van der Waals surface area contributed by atoms with E-state index in [1.165, 1.54) is 18.7 Å². The van der Waals surface area contributed by atoms with E-state index in [-0.39, 0.29) is 11.2 Å². The Morgan fingerprint density at radius 2 is 2.00 bits per heavy atom. The van der Waals surface area contributed by atoms with Gasteiger partial charge in [-0.1, -0.05) is 13.8 Å². The lowest BCUT2D eigenvalue weighted by atomic mass is 10.1. The third-order valence-corrected chi connectivity index (χ3v) is 3.52. The largest absolute Gasteiger partial charge is 0.480 e. The number of rotatable bonds is 7. The van der Waals surface area contributed by atoms with E-state index in [0.29, 0.717) is 6.42 Å². The maximum Gasteiger partial charge on any atom is 0.316 e. The summed E-state index contributed by atoms with van der Waals surface area (Å²) in [6.45, 7) is 5.31. The molecule has 2 nitrogen and oxygen atoms in total. The van der Waals surface area contributed by atoms with Gasteiger partial charge in [0.25, 0.3) is 0 Å². The summed E-state index contributed by atoms with van der Waals surface area (Å²) in [6, 6.07) is 0. The number of hydrogen-bond acceptors (Lipinski definition) is 2. The van der Waals surface area contributed by atoms with Gasteiger partial charge < -0.3 is 5.11 Å². The molecule has 0 rings (SSSR count). The van der Waals surface area contributed by atoms with Crippen molar-refractivity contribution < 1.29 is 14.3 Å². The van der Waals surface area contributed by atoms with Crippen molar-refractivity contribution in [3.8, 4) is 0 Å². The Bertz CT molecular complexity index is 172. The SMILES string of the molecule is CC(F)CCCSC(C(=O)O)C(C)C. The van der Waals surface area contributed by atoms with E-state index < -0.39 is 12.1 Å². The second kappa shape index (κ2) is 7.10. The molecule has 2 unspecified atom stereocenters. The van der Waals surface area contributed by atoms with Crippen molar-refractivity contribution >= 4 is 17.7 Å². The van der Waals surface area contributed by atoms with Crippen molar-refractivity contribution in [2.45, 2.75) is 45.0 Å². The molecule has 0 heterocycles. The Hall–Kier alpha value is -0.250. The molecule has 0 aliphatic rings. The minimum absolute atomic E-state index is 0.125. The standard InChI is InChI=1S/C10H19FO2S/c1-7(2)9(10(12)13)14-6-4-5-8(3)11/h7-9H,4-6H2,1-3H3,(H,12,13). The molecule has 0 aliphatic carbocycles. The number of carbonyl (C=O) groups is 1. The molecule has 0 aliphatic heterocycles. The summed E-state index contributed by atoms with van der Waals surface area (Å²) in [6.07, 6.45) is 0.494. The van der Waals surface area contributed by atoms with Gasteiger partial charge in [0.15, 0.2) is 0 Å². The average molecular weight is 222 g/mol. The Morgan fingerprint density at radius 3 is 2.36 bits per heavy atom. The molecule has 0 aromatic carbocycles.